The first-order valence-electron chi connectivity index (χ1n) is 31.5. The molecule has 18 bridgehead atoms. The smallest absolute Gasteiger partial charge is 0.126 e. The van der Waals surface area contributed by atoms with Crippen molar-refractivity contribution in [1.29, 1.82) is 0 Å². The zero-order valence-electron chi connectivity index (χ0n) is 53.9. The summed E-state index contributed by atoms with van der Waals surface area (Å²) in [7, 11) is 0. The maximum Gasteiger partial charge on any atom is 0.126 e. The molecule has 7 aliphatic heterocycles. The van der Waals surface area contributed by atoms with Gasteiger partial charge in [-0.3, -0.25) is 19.9 Å². The Labute approximate surface area is 519 Å². The van der Waals surface area contributed by atoms with E-state index < -0.39 is 0 Å². The molecule has 7 heterocycles. The molecule has 0 radical (unpaired) electrons. The lowest BCUT2D eigenvalue weighted by Gasteiger charge is -2.28. The van der Waals surface area contributed by atoms with E-state index >= 15 is 0 Å². The maximum absolute atomic E-state index is 7.28. The van der Waals surface area contributed by atoms with Crippen LogP contribution in [0.25, 0.3) is 0 Å². The van der Waals surface area contributed by atoms with Crippen LogP contribution < -0.4 is 28.4 Å². The SMILES string of the molecule is CC(C)(C)c1cc2cc(c1)Cc1cc(C(C)(C)C)cc3c1OCCOc1ccc(cc1)C=NCCN1CCN=Cc4ccc(cc4)OCCOc4c(cc(C(C)(C)C)cc4Cc4cc(C(C)(C)C)cc(c4OCCOc4ccc(cc4)C=NCC1)C3)C2. The highest BCUT2D eigenvalue weighted by molar-refractivity contribution is 5.81. The summed E-state index contributed by atoms with van der Waals surface area (Å²) >= 11 is 0. The summed E-state index contributed by atoms with van der Waals surface area (Å²) in [5.74, 6) is 4.95. The first-order valence-corrected chi connectivity index (χ1v) is 31.5. The molecule has 456 valence electrons. The van der Waals surface area contributed by atoms with Gasteiger partial charge in [0.15, 0.2) is 0 Å². The van der Waals surface area contributed by atoms with Crippen molar-refractivity contribution in [2.75, 3.05) is 78.9 Å². The van der Waals surface area contributed by atoms with E-state index in [2.05, 4.69) is 179 Å². The Morgan fingerprint density at radius 1 is 0.299 bits per heavy atom. The van der Waals surface area contributed by atoms with E-state index in [1.165, 1.54) is 33.4 Å². The van der Waals surface area contributed by atoms with Crippen LogP contribution in [0, 0.1) is 0 Å². The van der Waals surface area contributed by atoms with E-state index in [0.29, 0.717) is 85.0 Å². The fourth-order valence-corrected chi connectivity index (χ4v) is 11.5. The van der Waals surface area contributed by atoms with Crippen LogP contribution in [-0.4, -0.2) is 102 Å². The first-order chi connectivity index (χ1) is 41.6. The molecule has 0 fully saturated rings. The number of hydrogen-bond acceptors (Lipinski definition) is 10. The summed E-state index contributed by atoms with van der Waals surface area (Å²) in [5, 5.41) is 0. The summed E-state index contributed by atoms with van der Waals surface area (Å²) in [6.45, 7) is 34.0. The van der Waals surface area contributed by atoms with Gasteiger partial charge < -0.3 is 28.4 Å². The number of rotatable bonds is 0. The topological polar surface area (TPSA) is 95.7 Å². The first kappa shape index (κ1) is 62.4. The van der Waals surface area contributed by atoms with Crippen molar-refractivity contribution in [2.24, 2.45) is 15.0 Å². The second-order valence-corrected chi connectivity index (χ2v) is 27.9. The molecule has 8 aliphatic rings. The third-order valence-electron chi connectivity index (χ3n) is 16.6. The normalized spacial score (nSPS) is 16.8. The molecule has 0 aromatic heterocycles. The molecule has 10 heteroatoms. The van der Waals surface area contributed by atoms with Crippen LogP contribution in [0.4, 0.5) is 0 Å². The Hall–Kier alpha value is -7.69. The van der Waals surface area contributed by atoms with Crippen LogP contribution in [0.5, 0.6) is 34.5 Å². The number of aliphatic imine (C=N–C) groups is 3. The third kappa shape index (κ3) is 16.9. The van der Waals surface area contributed by atoms with Gasteiger partial charge in [-0.2, -0.15) is 0 Å². The minimum atomic E-state index is -0.206. The summed E-state index contributed by atoms with van der Waals surface area (Å²) in [4.78, 5) is 17.0. The van der Waals surface area contributed by atoms with Crippen LogP contribution in [-0.2, 0) is 47.3 Å². The van der Waals surface area contributed by atoms with Gasteiger partial charge in [-0.15, -0.1) is 0 Å². The number of benzene rings is 7. The lowest BCUT2D eigenvalue weighted by molar-refractivity contribution is 0.212. The van der Waals surface area contributed by atoms with Crippen molar-refractivity contribution >= 4 is 18.6 Å². The Bertz CT molecular complexity index is 3390. The molecule has 1 aliphatic carbocycles. The largest absolute Gasteiger partial charge is 0.490 e. The summed E-state index contributed by atoms with van der Waals surface area (Å²) < 4.78 is 41.2. The van der Waals surface area contributed by atoms with Crippen molar-refractivity contribution in [3.8, 4) is 34.5 Å². The number of nitrogens with zero attached hydrogens (tertiary/aromatic N) is 4. The lowest BCUT2D eigenvalue weighted by atomic mass is 9.79. The molecule has 7 aromatic rings. The Kier molecular flexibility index (Phi) is 19.5. The fraction of sp³-hybridized carbons (Fsp3) is 0.416. The van der Waals surface area contributed by atoms with Crippen LogP contribution >= 0.6 is 0 Å². The van der Waals surface area contributed by atoms with Gasteiger partial charge in [0.25, 0.3) is 0 Å². The van der Waals surface area contributed by atoms with Gasteiger partial charge in [0.1, 0.15) is 74.1 Å². The average Bonchev–Trinajstić information content (AvgIpc) is 1.37. The highest BCUT2D eigenvalue weighted by Gasteiger charge is 2.28. The average molecular weight is 1170 g/mol. The molecule has 0 unspecified atom stereocenters. The van der Waals surface area contributed by atoms with E-state index in [1.54, 1.807) is 0 Å². The highest BCUT2D eigenvalue weighted by atomic mass is 16.5. The molecule has 0 spiro atoms. The molecular formula is C77H92N4O6. The molecular weight excluding hydrogens is 1080 g/mol. The van der Waals surface area contributed by atoms with Crippen LogP contribution in [0.1, 0.15) is 167 Å². The number of ether oxygens (including phenoxy) is 6. The summed E-state index contributed by atoms with van der Waals surface area (Å²) in [6.07, 6.45) is 8.28. The van der Waals surface area contributed by atoms with Crippen molar-refractivity contribution in [3.63, 3.8) is 0 Å². The van der Waals surface area contributed by atoms with Crippen molar-refractivity contribution in [3.05, 3.63) is 211 Å². The van der Waals surface area contributed by atoms with Crippen molar-refractivity contribution in [1.82, 2.24) is 4.90 Å². The molecule has 0 saturated carbocycles. The zero-order chi connectivity index (χ0) is 61.3. The quantitative estimate of drug-likeness (QED) is 0.149. The Morgan fingerprint density at radius 3 is 0.828 bits per heavy atom. The number of hydrogen-bond donors (Lipinski definition) is 0. The molecule has 87 heavy (non-hydrogen) atoms. The molecule has 0 saturated heterocycles. The number of fused-ring (bicyclic) bond motifs is 3. The van der Waals surface area contributed by atoms with Gasteiger partial charge in [-0.05, 0) is 178 Å². The monoisotopic (exact) mass is 1170 g/mol. The van der Waals surface area contributed by atoms with Gasteiger partial charge in [0.2, 0.25) is 0 Å². The maximum atomic E-state index is 7.28. The molecule has 0 amide bonds. The molecule has 0 atom stereocenters. The third-order valence-corrected chi connectivity index (χ3v) is 16.6. The standard InChI is InChI=1S/C77H92N4O6/c1-74(2,3)64-40-56-37-57(41-64)39-59-45-66(76(7,8)9)47-61-43-63-49-67(77(10,11)12)48-62-42-60-46-65(75(4,5)6)44-58(38-56)71(60)85-34-31-82-68-19-13-53(14-20-68)50-78-25-28-81(29-26-79-51-54-15-21-69(22-16-54)83-32-35-86-72(59)61)30-27-80-52-55-17-23-70(24-18-55)84-33-36-87-73(62)63/h13-24,37,40-41,44-52H,25-36,38-39,42-43H2,1-12H3. The second kappa shape index (κ2) is 27.1. The highest BCUT2D eigenvalue weighted by Crippen LogP contribution is 2.43. The fourth-order valence-electron chi connectivity index (χ4n) is 11.5. The van der Waals surface area contributed by atoms with E-state index in [4.69, 9.17) is 43.4 Å². The van der Waals surface area contributed by atoms with Gasteiger partial charge >= 0.3 is 0 Å². The zero-order valence-corrected chi connectivity index (χ0v) is 53.9. The van der Waals surface area contributed by atoms with Gasteiger partial charge in [0, 0.05) is 64.0 Å². The van der Waals surface area contributed by atoms with E-state index in [9.17, 15) is 0 Å². The van der Waals surface area contributed by atoms with Crippen molar-refractivity contribution < 1.29 is 28.4 Å². The molecule has 10 nitrogen and oxygen atoms in total. The summed E-state index contributed by atoms with van der Waals surface area (Å²) in [5.41, 5.74) is 16.5. The van der Waals surface area contributed by atoms with Gasteiger partial charge in [-0.25, -0.2) is 0 Å². The minimum absolute atomic E-state index is 0.122. The van der Waals surface area contributed by atoms with E-state index in [-0.39, 0.29) is 21.7 Å². The predicted molar refractivity (Wildman–Crippen MR) is 358 cm³/mol. The predicted octanol–water partition coefficient (Wildman–Crippen LogP) is 15.5. The second-order valence-electron chi connectivity index (χ2n) is 27.9. The van der Waals surface area contributed by atoms with Crippen molar-refractivity contribution in [2.45, 2.75) is 130 Å². The lowest BCUT2D eigenvalue weighted by Crippen LogP contribution is -2.31. The van der Waals surface area contributed by atoms with E-state index in [1.807, 2.05) is 55.0 Å². The summed E-state index contributed by atoms with van der Waals surface area (Å²) in [6, 6.07) is 46.1. The minimum Gasteiger partial charge on any atom is -0.490 e. The molecule has 7 aromatic carbocycles. The Balaban J connectivity index is 1.19. The van der Waals surface area contributed by atoms with E-state index in [0.717, 1.165) is 104 Å². The van der Waals surface area contributed by atoms with Crippen LogP contribution in [0.3, 0.4) is 0 Å². The Morgan fingerprint density at radius 2 is 0.552 bits per heavy atom. The van der Waals surface area contributed by atoms with Crippen LogP contribution in [0.15, 0.2) is 142 Å². The molecule has 0 N–H and O–H groups in total. The van der Waals surface area contributed by atoms with Gasteiger partial charge in [0.05, 0.1) is 19.6 Å². The van der Waals surface area contributed by atoms with Crippen LogP contribution in [0.2, 0.25) is 0 Å². The molecule has 15 rings (SSSR count). The van der Waals surface area contributed by atoms with Gasteiger partial charge in [-0.1, -0.05) is 138 Å².